The fourth-order valence-electron chi connectivity index (χ4n) is 2.15. The molecule has 0 aromatic carbocycles. The number of nitrogens with zero attached hydrogens (tertiary/aromatic N) is 3. The summed E-state index contributed by atoms with van der Waals surface area (Å²) in [6.07, 6.45) is 4.99. The molecule has 0 atom stereocenters. The van der Waals surface area contributed by atoms with Crippen molar-refractivity contribution < 1.29 is 4.79 Å². The van der Waals surface area contributed by atoms with Crippen molar-refractivity contribution in [2.24, 2.45) is 0 Å². The number of halogens is 2. The maximum absolute atomic E-state index is 11.4. The van der Waals surface area contributed by atoms with Gasteiger partial charge in [0.2, 0.25) is 0 Å². The molecule has 5 nitrogen and oxygen atoms in total. The number of aromatic nitrogens is 3. The van der Waals surface area contributed by atoms with Crippen molar-refractivity contribution in [1.29, 1.82) is 0 Å². The second-order valence-corrected chi connectivity index (χ2v) is 4.91. The minimum absolute atomic E-state index is 0. The van der Waals surface area contributed by atoms with Crippen LogP contribution in [0, 0.1) is 6.92 Å². The molecule has 2 heterocycles. The number of hydrogen-bond donors (Lipinski definition) is 1. The lowest BCUT2D eigenvalue weighted by Crippen LogP contribution is -2.06. The summed E-state index contributed by atoms with van der Waals surface area (Å²) in [4.78, 5) is 15.8. The van der Waals surface area contributed by atoms with Crippen LogP contribution in [0.3, 0.4) is 0 Å². The Morgan fingerprint density at radius 3 is 2.75 bits per heavy atom. The molecule has 0 aliphatic carbocycles. The Morgan fingerprint density at radius 2 is 2.15 bits per heavy atom. The predicted molar refractivity (Wildman–Crippen MR) is 83.6 cm³/mol. The highest BCUT2D eigenvalue weighted by molar-refractivity contribution is 6.68. The maximum Gasteiger partial charge on any atom is 0.256 e. The van der Waals surface area contributed by atoms with Gasteiger partial charge >= 0.3 is 0 Å². The Morgan fingerprint density at radius 1 is 1.45 bits per heavy atom. The molecule has 2 aromatic heterocycles. The van der Waals surface area contributed by atoms with Gasteiger partial charge in [-0.15, -0.1) is 12.4 Å². The average molecular weight is 317 g/mol. The molecule has 2 N–H and O–H groups in total. The summed E-state index contributed by atoms with van der Waals surface area (Å²) in [7, 11) is 0. The number of nitrogens with two attached hydrogens (primary N) is 1. The van der Waals surface area contributed by atoms with Gasteiger partial charge in [0.05, 0.1) is 28.5 Å². The van der Waals surface area contributed by atoms with Crippen LogP contribution < -0.4 is 5.73 Å². The van der Waals surface area contributed by atoms with Crippen molar-refractivity contribution in [3.8, 4) is 0 Å². The molecule has 0 fully saturated rings. The minimum atomic E-state index is -0.580. The molecule has 20 heavy (non-hydrogen) atoms. The molecule has 0 spiro atoms. The van der Waals surface area contributed by atoms with Crippen LogP contribution >= 0.6 is 24.0 Å². The molecule has 2 aromatic rings. The van der Waals surface area contributed by atoms with Gasteiger partial charge in [0.25, 0.3) is 5.24 Å². The second kappa shape index (κ2) is 6.90. The fraction of sp³-hybridized carbons (Fsp3) is 0.462. The van der Waals surface area contributed by atoms with E-state index in [2.05, 4.69) is 17.0 Å². The lowest BCUT2D eigenvalue weighted by molar-refractivity contribution is 0.108. The van der Waals surface area contributed by atoms with E-state index in [1.807, 2.05) is 4.68 Å². The van der Waals surface area contributed by atoms with E-state index < -0.39 is 5.24 Å². The smallest absolute Gasteiger partial charge is 0.256 e. The van der Waals surface area contributed by atoms with E-state index in [0.29, 0.717) is 22.4 Å². The highest BCUT2D eigenvalue weighted by Gasteiger charge is 2.17. The lowest BCUT2D eigenvalue weighted by atomic mass is 10.1. The average Bonchev–Trinajstić information content (AvgIpc) is 2.72. The number of aryl methyl sites for hydroxylation is 2. The quantitative estimate of drug-likeness (QED) is 0.678. The van der Waals surface area contributed by atoms with Gasteiger partial charge in [-0.1, -0.05) is 19.8 Å². The van der Waals surface area contributed by atoms with E-state index in [9.17, 15) is 4.79 Å². The molecular weight excluding hydrogens is 299 g/mol. The van der Waals surface area contributed by atoms with Crippen LogP contribution in [0.5, 0.6) is 0 Å². The molecule has 0 unspecified atom stereocenters. The van der Waals surface area contributed by atoms with E-state index in [1.165, 1.54) is 0 Å². The molecule has 7 heteroatoms. The monoisotopic (exact) mass is 316 g/mol. The van der Waals surface area contributed by atoms with Gasteiger partial charge in [0.15, 0.2) is 5.65 Å². The summed E-state index contributed by atoms with van der Waals surface area (Å²) in [5, 5.41) is 4.40. The van der Waals surface area contributed by atoms with Gasteiger partial charge in [-0.3, -0.25) is 4.79 Å². The molecule has 0 aliphatic heterocycles. The van der Waals surface area contributed by atoms with Crippen molar-refractivity contribution in [3.05, 3.63) is 17.5 Å². The standard InChI is InChI=1S/C13H17ClN4O.ClH/c1-3-4-5-6-18-13-9(7-16-18)11(15)10(12(14)19)8(2)17-13;/h7H,3-6H2,1-2H3,(H2,15,17);1H. The van der Waals surface area contributed by atoms with E-state index in [-0.39, 0.29) is 18.0 Å². The highest BCUT2D eigenvalue weighted by atomic mass is 35.5. The van der Waals surface area contributed by atoms with Crippen LogP contribution in [0.25, 0.3) is 11.0 Å². The third-order valence-corrected chi connectivity index (χ3v) is 3.37. The first kappa shape index (κ1) is 16.7. The summed E-state index contributed by atoms with van der Waals surface area (Å²) in [6.45, 7) is 4.69. The molecule has 0 amide bonds. The van der Waals surface area contributed by atoms with Gasteiger partial charge < -0.3 is 5.73 Å². The third-order valence-electron chi connectivity index (χ3n) is 3.18. The third kappa shape index (κ3) is 3.04. The Hall–Kier alpha value is -1.33. The molecule has 0 bridgehead atoms. The Labute approximate surface area is 128 Å². The predicted octanol–water partition coefficient (Wildman–Crippen LogP) is 3.31. The number of anilines is 1. The number of fused-ring (bicyclic) bond motifs is 1. The number of rotatable bonds is 5. The first-order valence-electron chi connectivity index (χ1n) is 6.37. The van der Waals surface area contributed by atoms with E-state index in [0.717, 1.165) is 25.8 Å². The van der Waals surface area contributed by atoms with Gasteiger partial charge in [-0.05, 0) is 24.9 Å². The van der Waals surface area contributed by atoms with Gasteiger partial charge in [-0.25, -0.2) is 9.67 Å². The van der Waals surface area contributed by atoms with Gasteiger partial charge in [0.1, 0.15) is 0 Å². The molecular formula is C13H18Cl2N4O. The first-order valence-corrected chi connectivity index (χ1v) is 6.75. The normalized spacial score (nSPS) is 10.6. The lowest BCUT2D eigenvalue weighted by Gasteiger charge is -2.07. The number of carbonyl (C=O) groups excluding carboxylic acids is 1. The summed E-state index contributed by atoms with van der Waals surface area (Å²) in [6, 6.07) is 0. The van der Waals surface area contributed by atoms with Crippen LogP contribution in [0.4, 0.5) is 5.69 Å². The number of hydrogen-bond acceptors (Lipinski definition) is 4. The first-order chi connectivity index (χ1) is 9.06. The number of pyridine rings is 1. The van der Waals surface area contributed by atoms with Gasteiger partial charge in [-0.2, -0.15) is 5.10 Å². The fourth-order valence-corrected chi connectivity index (χ4v) is 2.39. The minimum Gasteiger partial charge on any atom is -0.397 e. The zero-order valence-corrected chi connectivity index (χ0v) is 13.1. The Bertz CT molecular complexity index is 624. The van der Waals surface area contributed by atoms with Crippen molar-refractivity contribution >= 4 is 46.0 Å². The summed E-state index contributed by atoms with van der Waals surface area (Å²) < 4.78 is 1.83. The van der Waals surface area contributed by atoms with Crippen molar-refractivity contribution in [3.63, 3.8) is 0 Å². The molecule has 2 rings (SSSR count). The Kier molecular flexibility index (Phi) is 5.77. The van der Waals surface area contributed by atoms with Crippen LogP contribution in [0.15, 0.2) is 6.20 Å². The van der Waals surface area contributed by atoms with Crippen LogP contribution in [-0.4, -0.2) is 20.0 Å². The topological polar surface area (TPSA) is 73.8 Å². The van der Waals surface area contributed by atoms with Crippen molar-refractivity contribution in [2.45, 2.75) is 39.7 Å². The molecule has 0 radical (unpaired) electrons. The summed E-state index contributed by atoms with van der Waals surface area (Å²) in [5.74, 6) is 0. The summed E-state index contributed by atoms with van der Waals surface area (Å²) >= 11 is 5.54. The van der Waals surface area contributed by atoms with Crippen LogP contribution in [0.1, 0.15) is 42.2 Å². The van der Waals surface area contributed by atoms with E-state index in [1.54, 1.807) is 13.1 Å². The van der Waals surface area contributed by atoms with Gasteiger partial charge in [0, 0.05) is 6.54 Å². The molecule has 0 saturated heterocycles. The zero-order chi connectivity index (χ0) is 14.0. The molecule has 0 aliphatic rings. The second-order valence-electron chi connectivity index (χ2n) is 4.57. The zero-order valence-electron chi connectivity index (χ0n) is 11.5. The van der Waals surface area contributed by atoms with E-state index in [4.69, 9.17) is 17.3 Å². The molecule has 110 valence electrons. The number of unbranched alkanes of at least 4 members (excludes halogenated alkanes) is 2. The summed E-state index contributed by atoms with van der Waals surface area (Å²) in [5.41, 5.74) is 7.89. The van der Waals surface area contributed by atoms with E-state index >= 15 is 0 Å². The SMILES string of the molecule is CCCCCn1ncc2c(N)c(C(=O)Cl)c(C)nc21.Cl. The Balaban J connectivity index is 0.00000200. The van der Waals surface area contributed by atoms with Crippen molar-refractivity contribution in [1.82, 2.24) is 14.8 Å². The highest BCUT2D eigenvalue weighted by Crippen LogP contribution is 2.26. The largest absolute Gasteiger partial charge is 0.397 e. The van der Waals surface area contributed by atoms with Crippen LogP contribution in [0.2, 0.25) is 0 Å². The maximum atomic E-state index is 11.4. The number of carbonyl (C=O) groups is 1. The number of nitrogen functional groups attached to an aromatic ring is 1. The van der Waals surface area contributed by atoms with Crippen LogP contribution in [-0.2, 0) is 6.54 Å². The van der Waals surface area contributed by atoms with Crippen molar-refractivity contribution in [2.75, 3.05) is 5.73 Å². The molecule has 0 saturated carbocycles.